The van der Waals surface area contributed by atoms with Gasteiger partial charge in [-0.2, -0.15) is 0 Å². The lowest BCUT2D eigenvalue weighted by Crippen LogP contribution is -2.42. The average molecular weight is 365 g/mol. The van der Waals surface area contributed by atoms with E-state index in [-0.39, 0.29) is 17.3 Å². The molecule has 2 aromatic carbocycles. The van der Waals surface area contributed by atoms with Crippen molar-refractivity contribution in [3.8, 4) is 0 Å². The number of carbonyl (C=O) groups is 1. The molecule has 0 fully saturated rings. The minimum atomic E-state index is -3.76. The quantitative estimate of drug-likeness (QED) is 0.904. The molecule has 1 heterocycles. The molecule has 5 nitrogen and oxygen atoms in total. The molecule has 0 aliphatic carbocycles. The van der Waals surface area contributed by atoms with Gasteiger partial charge in [0.1, 0.15) is 0 Å². The van der Waals surface area contributed by atoms with Crippen LogP contribution in [-0.4, -0.2) is 32.3 Å². The zero-order chi connectivity index (χ0) is 17.2. The van der Waals surface area contributed by atoms with Gasteiger partial charge >= 0.3 is 0 Å². The number of halogens is 1. The van der Waals surface area contributed by atoms with E-state index >= 15 is 0 Å². The van der Waals surface area contributed by atoms with Gasteiger partial charge in [0.2, 0.25) is 15.9 Å². The molecule has 0 atom stereocenters. The number of carbonyl (C=O) groups excluding carboxylic acids is 1. The van der Waals surface area contributed by atoms with Gasteiger partial charge in [-0.15, -0.1) is 0 Å². The molecule has 0 saturated carbocycles. The van der Waals surface area contributed by atoms with Crippen LogP contribution in [0.3, 0.4) is 0 Å². The molecule has 0 aromatic heterocycles. The number of nitrogens with one attached hydrogen (secondary N) is 1. The van der Waals surface area contributed by atoms with Crippen LogP contribution in [-0.2, 0) is 27.8 Å². The van der Waals surface area contributed by atoms with E-state index in [1.165, 1.54) is 17.7 Å². The molecule has 3 rings (SSSR count). The summed E-state index contributed by atoms with van der Waals surface area (Å²) < 4.78 is 26.8. The summed E-state index contributed by atoms with van der Waals surface area (Å²) in [7, 11) is -3.76. The lowest BCUT2D eigenvalue weighted by atomic mass is 10.00. The Bertz CT molecular complexity index is 868. The summed E-state index contributed by atoms with van der Waals surface area (Å²) in [6.45, 7) is 0.833. The van der Waals surface area contributed by atoms with E-state index in [2.05, 4.69) is 10.8 Å². The van der Waals surface area contributed by atoms with Crippen molar-refractivity contribution in [1.29, 1.82) is 0 Å². The third kappa shape index (κ3) is 3.77. The lowest BCUT2D eigenvalue weighted by Gasteiger charge is -2.29. The van der Waals surface area contributed by atoms with Gasteiger partial charge in [0.25, 0.3) is 0 Å². The van der Waals surface area contributed by atoms with E-state index in [1.807, 2.05) is 18.2 Å². The molecule has 0 radical (unpaired) electrons. The van der Waals surface area contributed by atoms with Crippen LogP contribution in [0, 0.1) is 0 Å². The summed E-state index contributed by atoms with van der Waals surface area (Å²) in [5.74, 6) is -0.241. The van der Waals surface area contributed by atoms with Gasteiger partial charge in [0.05, 0.1) is 11.4 Å². The predicted molar refractivity (Wildman–Crippen MR) is 92.2 cm³/mol. The minimum Gasteiger partial charge on any atom is -0.337 e. The smallest absolute Gasteiger partial charge is 0.241 e. The van der Waals surface area contributed by atoms with E-state index in [9.17, 15) is 13.2 Å². The molecular formula is C17H17ClN2O3S. The van der Waals surface area contributed by atoms with Crippen molar-refractivity contribution in [2.24, 2.45) is 0 Å². The normalized spacial score (nSPS) is 14.3. The first-order valence-electron chi connectivity index (χ1n) is 7.55. The molecule has 24 heavy (non-hydrogen) atoms. The van der Waals surface area contributed by atoms with Crippen molar-refractivity contribution < 1.29 is 13.2 Å². The van der Waals surface area contributed by atoms with E-state index in [0.29, 0.717) is 18.1 Å². The predicted octanol–water partition coefficient (Wildman–Crippen LogP) is 2.20. The third-order valence-corrected chi connectivity index (χ3v) is 5.64. The first kappa shape index (κ1) is 17.0. The second-order valence-corrected chi connectivity index (χ2v) is 7.82. The van der Waals surface area contributed by atoms with Gasteiger partial charge < -0.3 is 4.90 Å². The number of rotatable bonds is 4. The van der Waals surface area contributed by atoms with Crippen molar-refractivity contribution in [1.82, 2.24) is 9.62 Å². The highest BCUT2D eigenvalue weighted by Gasteiger charge is 2.22. The van der Waals surface area contributed by atoms with Gasteiger partial charge in [-0.1, -0.05) is 41.9 Å². The first-order chi connectivity index (χ1) is 11.5. The van der Waals surface area contributed by atoms with Gasteiger partial charge in [-0.05, 0) is 35.7 Å². The van der Waals surface area contributed by atoms with E-state index in [0.717, 1.165) is 12.0 Å². The maximum absolute atomic E-state index is 12.3. The number of sulfonamides is 1. The highest BCUT2D eigenvalue weighted by molar-refractivity contribution is 7.89. The second-order valence-electron chi connectivity index (χ2n) is 5.62. The zero-order valence-electron chi connectivity index (χ0n) is 12.9. The largest absolute Gasteiger partial charge is 0.337 e. The van der Waals surface area contributed by atoms with Gasteiger partial charge in [0.15, 0.2) is 0 Å². The standard InChI is InChI=1S/C17H17ClN2O3S/c18-15-6-3-7-16(10-15)24(22,23)19-11-17(21)20-9-8-13-4-1-2-5-14(13)12-20/h1-7,10,19H,8-9,11-12H2. The van der Waals surface area contributed by atoms with Crippen molar-refractivity contribution >= 4 is 27.5 Å². The Morgan fingerprint density at radius 1 is 1.12 bits per heavy atom. The van der Waals surface area contributed by atoms with Gasteiger partial charge in [-0.3, -0.25) is 4.79 Å². The average Bonchev–Trinajstić information content (AvgIpc) is 2.59. The number of hydrogen-bond acceptors (Lipinski definition) is 3. The van der Waals surface area contributed by atoms with Gasteiger partial charge in [0, 0.05) is 18.1 Å². The Morgan fingerprint density at radius 2 is 1.88 bits per heavy atom. The summed E-state index contributed by atoms with van der Waals surface area (Å²) in [4.78, 5) is 14.0. The molecule has 1 aliphatic rings. The molecule has 2 aromatic rings. The van der Waals surface area contributed by atoms with Crippen LogP contribution in [0.4, 0.5) is 0 Å². The van der Waals surface area contributed by atoms with Crippen LogP contribution in [0.25, 0.3) is 0 Å². The van der Waals surface area contributed by atoms with E-state index < -0.39 is 10.0 Å². The Balaban J connectivity index is 1.64. The number of fused-ring (bicyclic) bond motifs is 1. The molecule has 1 amide bonds. The fraction of sp³-hybridized carbons (Fsp3) is 0.235. The first-order valence-corrected chi connectivity index (χ1v) is 9.41. The maximum atomic E-state index is 12.3. The highest BCUT2D eigenvalue weighted by atomic mass is 35.5. The van der Waals surface area contributed by atoms with Crippen LogP contribution < -0.4 is 4.72 Å². The monoisotopic (exact) mass is 364 g/mol. The van der Waals surface area contributed by atoms with Crippen LogP contribution in [0.1, 0.15) is 11.1 Å². The van der Waals surface area contributed by atoms with Crippen molar-refractivity contribution in [3.05, 3.63) is 64.7 Å². The molecule has 0 unspecified atom stereocenters. The molecule has 1 aliphatic heterocycles. The number of amides is 1. The van der Waals surface area contributed by atoms with Crippen LogP contribution >= 0.6 is 11.6 Å². The number of nitrogens with zero attached hydrogens (tertiary/aromatic N) is 1. The molecule has 0 saturated heterocycles. The number of hydrogen-bond donors (Lipinski definition) is 1. The number of benzene rings is 2. The fourth-order valence-corrected chi connectivity index (χ4v) is 3.97. The van der Waals surface area contributed by atoms with Crippen LogP contribution in [0.5, 0.6) is 0 Å². The Hall–Kier alpha value is -1.89. The molecule has 0 spiro atoms. The summed E-state index contributed by atoms with van der Waals surface area (Å²) in [6.07, 6.45) is 0.781. The van der Waals surface area contributed by atoms with Crippen molar-refractivity contribution in [2.45, 2.75) is 17.9 Å². The summed E-state index contributed by atoms with van der Waals surface area (Å²) >= 11 is 5.82. The molecule has 126 valence electrons. The molecular weight excluding hydrogens is 348 g/mol. The molecule has 1 N–H and O–H groups in total. The van der Waals surface area contributed by atoms with Crippen molar-refractivity contribution in [3.63, 3.8) is 0 Å². The minimum absolute atomic E-state index is 0.0480. The Labute approximate surface area is 146 Å². The fourth-order valence-electron chi connectivity index (χ4n) is 2.69. The summed E-state index contributed by atoms with van der Waals surface area (Å²) in [5, 5.41) is 0.330. The summed E-state index contributed by atoms with van der Waals surface area (Å²) in [6, 6.07) is 13.9. The maximum Gasteiger partial charge on any atom is 0.241 e. The SMILES string of the molecule is O=C(CNS(=O)(=O)c1cccc(Cl)c1)N1CCc2ccccc2C1. The molecule has 0 bridgehead atoms. The third-order valence-electron chi connectivity index (χ3n) is 4.00. The highest BCUT2D eigenvalue weighted by Crippen LogP contribution is 2.19. The molecule has 7 heteroatoms. The Kier molecular flexibility index (Phi) is 4.89. The van der Waals surface area contributed by atoms with E-state index in [4.69, 9.17) is 11.6 Å². The van der Waals surface area contributed by atoms with Crippen LogP contribution in [0.15, 0.2) is 53.4 Å². The Morgan fingerprint density at radius 3 is 2.62 bits per heavy atom. The summed E-state index contributed by atoms with van der Waals surface area (Å²) in [5.41, 5.74) is 2.34. The second kappa shape index (κ2) is 6.93. The van der Waals surface area contributed by atoms with Gasteiger partial charge in [-0.25, -0.2) is 13.1 Å². The zero-order valence-corrected chi connectivity index (χ0v) is 14.5. The van der Waals surface area contributed by atoms with Crippen LogP contribution in [0.2, 0.25) is 5.02 Å². The van der Waals surface area contributed by atoms with E-state index in [1.54, 1.807) is 17.0 Å². The topological polar surface area (TPSA) is 66.5 Å². The van der Waals surface area contributed by atoms with Crippen molar-refractivity contribution in [2.75, 3.05) is 13.1 Å². The lowest BCUT2D eigenvalue weighted by molar-refractivity contribution is -0.130.